The lowest BCUT2D eigenvalue weighted by atomic mass is 10.2. The molecule has 1 saturated heterocycles. The van der Waals surface area contributed by atoms with Gasteiger partial charge in [0.05, 0.1) is 0 Å². The van der Waals surface area contributed by atoms with Gasteiger partial charge in [-0.2, -0.15) is 5.10 Å². The van der Waals surface area contributed by atoms with Crippen LogP contribution in [0.4, 0.5) is 14.5 Å². The molecule has 0 radical (unpaired) electrons. The third-order valence-corrected chi connectivity index (χ3v) is 5.02. The van der Waals surface area contributed by atoms with Crippen LogP contribution in [-0.2, 0) is 6.54 Å². The number of nitrogens with one attached hydrogen (secondary N) is 2. The molecule has 0 amide bonds. The summed E-state index contributed by atoms with van der Waals surface area (Å²) in [6.45, 7) is 1.62. The summed E-state index contributed by atoms with van der Waals surface area (Å²) in [4.78, 5) is 10.3. The number of aromatic nitrogens is 3. The van der Waals surface area contributed by atoms with Crippen LogP contribution in [0.15, 0.2) is 60.0 Å². The molecule has 1 aliphatic heterocycles. The number of pyridine rings is 1. The highest BCUT2D eigenvalue weighted by molar-refractivity contribution is 5.80. The Labute approximate surface area is 173 Å². The fourth-order valence-electron chi connectivity index (χ4n) is 3.55. The number of para-hydroxylation sites is 1. The van der Waals surface area contributed by atoms with Crippen LogP contribution in [0, 0.1) is 11.6 Å². The van der Waals surface area contributed by atoms with Gasteiger partial charge in [0.1, 0.15) is 17.3 Å². The second-order valence-corrected chi connectivity index (χ2v) is 7.04. The van der Waals surface area contributed by atoms with Gasteiger partial charge < -0.3 is 15.5 Å². The average molecular weight is 411 g/mol. The Morgan fingerprint density at radius 1 is 1.20 bits per heavy atom. The Balaban J connectivity index is 1.34. The van der Waals surface area contributed by atoms with E-state index in [9.17, 15) is 8.78 Å². The van der Waals surface area contributed by atoms with E-state index in [0.717, 1.165) is 17.8 Å². The van der Waals surface area contributed by atoms with Gasteiger partial charge in [-0.15, -0.1) is 0 Å². The highest BCUT2D eigenvalue weighted by Gasteiger charge is 2.27. The molecule has 1 fully saturated rings. The summed E-state index contributed by atoms with van der Waals surface area (Å²) in [6, 6.07) is 9.70. The van der Waals surface area contributed by atoms with Gasteiger partial charge in [-0.1, -0.05) is 6.07 Å². The molecule has 0 spiro atoms. The van der Waals surface area contributed by atoms with Gasteiger partial charge in [0.15, 0.2) is 11.8 Å². The van der Waals surface area contributed by atoms with E-state index in [0.29, 0.717) is 25.6 Å². The molecule has 1 atom stereocenters. The lowest BCUT2D eigenvalue weighted by Gasteiger charge is -2.21. The van der Waals surface area contributed by atoms with Gasteiger partial charge in [-0.25, -0.2) is 18.4 Å². The first-order valence-electron chi connectivity index (χ1n) is 9.75. The molecule has 30 heavy (non-hydrogen) atoms. The average Bonchev–Trinajstić information content (AvgIpc) is 3.44. The Kier molecular flexibility index (Phi) is 5.87. The molecule has 0 saturated carbocycles. The molecule has 4 rings (SSSR count). The van der Waals surface area contributed by atoms with Crippen molar-refractivity contribution in [2.75, 3.05) is 25.0 Å². The number of guanidine groups is 1. The normalized spacial score (nSPS) is 16.7. The maximum atomic E-state index is 14.1. The Hall–Kier alpha value is -3.49. The van der Waals surface area contributed by atoms with Crippen LogP contribution in [0.3, 0.4) is 0 Å². The van der Waals surface area contributed by atoms with E-state index < -0.39 is 11.6 Å². The minimum absolute atomic E-state index is 0.0345. The number of rotatable bonds is 5. The van der Waals surface area contributed by atoms with E-state index in [2.05, 4.69) is 25.7 Å². The van der Waals surface area contributed by atoms with Crippen molar-refractivity contribution in [1.29, 1.82) is 0 Å². The largest absolute Gasteiger partial charge is 0.365 e. The molecule has 0 bridgehead atoms. The van der Waals surface area contributed by atoms with Crippen LogP contribution in [-0.4, -0.2) is 46.9 Å². The van der Waals surface area contributed by atoms with Gasteiger partial charge in [-0.05, 0) is 42.3 Å². The second kappa shape index (κ2) is 8.89. The van der Waals surface area contributed by atoms with E-state index in [1.807, 2.05) is 24.4 Å². The molecule has 2 N–H and O–H groups in total. The molecular formula is C21H23F2N7. The lowest BCUT2D eigenvalue weighted by molar-refractivity contribution is 0.576. The molecule has 156 valence electrons. The Morgan fingerprint density at radius 2 is 2.03 bits per heavy atom. The van der Waals surface area contributed by atoms with Crippen LogP contribution in [0.2, 0.25) is 0 Å². The summed E-state index contributed by atoms with van der Waals surface area (Å²) in [5.41, 5.74) is 1.06. The van der Waals surface area contributed by atoms with Gasteiger partial charge in [-0.3, -0.25) is 4.99 Å². The van der Waals surface area contributed by atoms with E-state index in [1.54, 1.807) is 29.0 Å². The SMILES string of the molecule is CN=C(NCc1ccnc(-n2cccn2)c1)NC1CCN(c2c(F)cccc2F)C1. The third-order valence-electron chi connectivity index (χ3n) is 5.02. The molecule has 1 unspecified atom stereocenters. The summed E-state index contributed by atoms with van der Waals surface area (Å²) in [5, 5.41) is 10.8. The molecule has 2 aromatic heterocycles. The Bertz CT molecular complexity index is 1000. The van der Waals surface area contributed by atoms with Crippen molar-refractivity contribution in [3.05, 3.63) is 72.2 Å². The van der Waals surface area contributed by atoms with Crippen LogP contribution in [0.1, 0.15) is 12.0 Å². The topological polar surface area (TPSA) is 70.4 Å². The number of halogens is 2. The van der Waals surface area contributed by atoms with Crippen molar-refractivity contribution in [3.63, 3.8) is 0 Å². The number of hydrogen-bond acceptors (Lipinski definition) is 4. The predicted molar refractivity (Wildman–Crippen MR) is 112 cm³/mol. The number of nitrogens with zero attached hydrogens (tertiary/aromatic N) is 5. The van der Waals surface area contributed by atoms with Crippen LogP contribution in [0.25, 0.3) is 5.82 Å². The summed E-state index contributed by atoms with van der Waals surface area (Å²) >= 11 is 0. The van der Waals surface area contributed by atoms with Crippen molar-refractivity contribution in [2.45, 2.75) is 19.0 Å². The zero-order valence-corrected chi connectivity index (χ0v) is 16.6. The summed E-state index contributed by atoms with van der Waals surface area (Å²) in [5.74, 6) is 0.293. The number of aliphatic imine (C=N–C) groups is 1. The van der Waals surface area contributed by atoms with E-state index in [1.165, 1.54) is 18.2 Å². The molecule has 1 aromatic carbocycles. The zero-order chi connectivity index (χ0) is 20.9. The lowest BCUT2D eigenvalue weighted by Crippen LogP contribution is -2.44. The monoisotopic (exact) mass is 411 g/mol. The van der Waals surface area contributed by atoms with Crippen LogP contribution < -0.4 is 15.5 Å². The van der Waals surface area contributed by atoms with Gasteiger partial charge >= 0.3 is 0 Å². The van der Waals surface area contributed by atoms with Crippen LogP contribution in [0.5, 0.6) is 0 Å². The number of anilines is 1. The first kappa shape index (κ1) is 19.8. The van der Waals surface area contributed by atoms with Crippen molar-refractivity contribution in [3.8, 4) is 5.82 Å². The van der Waals surface area contributed by atoms with Gasteiger partial charge in [0.2, 0.25) is 0 Å². The van der Waals surface area contributed by atoms with E-state index in [-0.39, 0.29) is 11.7 Å². The minimum Gasteiger partial charge on any atom is -0.365 e. The molecule has 9 heteroatoms. The van der Waals surface area contributed by atoms with Crippen molar-refractivity contribution < 1.29 is 8.78 Å². The molecule has 0 aliphatic carbocycles. The highest BCUT2D eigenvalue weighted by atomic mass is 19.1. The third kappa shape index (κ3) is 4.40. The summed E-state index contributed by atoms with van der Waals surface area (Å²) < 4.78 is 29.8. The van der Waals surface area contributed by atoms with Gasteiger partial charge in [0.25, 0.3) is 0 Å². The van der Waals surface area contributed by atoms with E-state index in [4.69, 9.17) is 0 Å². The summed E-state index contributed by atoms with van der Waals surface area (Å²) in [6.07, 6.45) is 6.04. The first-order valence-corrected chi connectivity index (χ1v) is 9.75. The smallest absolute Gasteiger partial charge is 0.191 e. The quantitative estimate of drug-likeness (QED) is 0.499. The zero-order valence-electron chi connectivity index (χ0n) is 16.6. The van der Waals surface area contributed by atoms with Crippen molar-refractivity contribution >= 4 is 11.6 Å². The maximum absolute atomic E-state index is 14.1. The molecule has 1 aliphatic rings. The minimum atomic E-state index is -0.538. The van der Waals surface area contributed by atoms with Crippen molar-refractivity contribution in [2.24, 2.45) is 4.99 Å². The predicted octanol–water partition coefficient (Wildman–Crippen LogP) is 2.49. The molecule has 7 nitrogen and oxygen atoms in total. The standard InChI is InChI=1S/C21H23F2N7/c1-24-21(26-13-15-6-9-25-19(12-15)30-10-3-8-27-30)28-16-7-11-29(14-16)20-17(22)4-2-5-18(20)23/h2-6,8-10,12,16H,7,11,13-14H2,1H3,(H2,24,26,28). The van der Waals surface area contributed by atoms with Crippen LogP contribution >= 0.6 is 0 Å². The first-order chi connectivity index (χ1) is 14.6. The second-order valence-electron chi connectivity index (χ2n) is 7.04. The number of benzene rings is 1. The van der Waals surface area contributed by atoms with Crippen molar-refractivity contribution in [1.82, 2.24) is 25.4 Å². The number of hydrogen-bond donors (Lipinski definition) is 2. The van der Waals surface area contributed by atoms with E-state index >= 15 is 0 Å². The fourth-order valence-corrected chi connectivity index (χ4v) is 3.55. The van der Waals surface area contributed by atoms with Gasteiger partial charge in [0, 0.05) is 51.3 Å². The fraction of sp³-hybridized carbons (Fsp3) is 0.286. The maximum Gasteiger partial charge on any atom is 0.191 e. The highest BCUT2D eigenvalue weighted by Crippen LogP contribution is 2.26. The summed E-state index contributed by atoms with van der Waals surface area (Å²) in [7, 11) is 1.69. The Morgan fingerprint density at radius 3 is 2.77 bits per heavy atom. The molecule has 3 heterocycles. The molecular weight excluding hydrogens is 388 g/mol. The molecule has 3 aromatic rings.